The Hall–Kier alpha value is -1.94. The van der Waals surface area contributed by atoms with Crippen molar-refractivity contribution in [3.8, 4) is 5.75 Å². The van der Waals surface area contributed by atoms with E-state index in [1.54, 1.807) is 6.20 Å². The van der Waals surface area contributed by atoms with Crippen LogP contribution in [0.4, 0.5) is 0 Å². The molecule has 0 atom stereocenters. The van der Waals surface area contributed by atoms with Crippen molar-refractivity contribution in [1.29, 1.82) is 0 Å². The first-order valence-electron chi connectivity index (χ1n) is 5.67. The number of thiocarbonyl (C=S) groups is 1. The Morgan fingerprint density at radius 2 is 2.00 bits per heavy atom. The highest BCUT2D eigenvalue weighted by Gasteiger charge is 1.98. The fourth-order valence-corrected chi connectivity index (χ4v) is 1.68. The van der Waals surface area contributed by atoms with Gasteiger partial charge in [-0.2, -0.15) is 0 Å². The molecular formula is C14H14N2OS. The van der Waals surface area contributed by atoms with Gasteiger partial charge in [-0.1, -0.05) is 18.3 Å². The summed E-state index contributed by atoms with van der Waals surface area (Å²) in [5.41, 5.74) is 7.54. The highest BCUT2D eigenvalue weighted by atomic mass is 32.1. The molecule has 2 N–H and O–H groups in total. The molecule has 1 aromatic heterocycles. The Bertz CT molecular complexity index is 511. The van der Waals surface area contributed by atoms with Crippen LogP contribution < -0.4 is 10.5 Å². The molecule has 2 rings (SSSR count). The summed E-state index contributed by atoms with van der Waals surface area (Å²) in [5.74, 6) is 0.818. The number of pyridine rings is 1. The molecule has 0 saturated carbocycles. The van der Waals surface area contributed by atoms with Gasteiger partial charge in [-0.3, -0.25) is 4.98 Å². The Morgan fingerprint density at radius 3 is 2.61 bits per heavy atom. The second-order valence-corrected chi connectivity index (χ2v) is 4.29. The number of hydrogen-bond donors (Lipinski definition) is 1. The van der Waals surface area contributed by atoms with Crippen LogP contribution >= 0.6 is 12.2 Å². The fourth-order valence-electron chi connectivity index (χ4n) is 1.55. The van der Waals surface area contributed by atoms with Crippen LogP contribution in [0.15, 0.2) is 48.8 Å². The lowest BCUT2D eigenvalue weighted by Crippen LogP contribution is -2.09. The molecule has 1 heterocycles. The lowest BCUT2D eigenvalue weighted by Gasteiger charge is -2.06. The van der Waals surface area contributed by atoms with Crippen LogP contribution in [-0.4, -0.2) is 16.6 Å². The molecule has 0 bridgehead atoms. The minimum absolute atomic E-state index is 0.400. The molecule has 0 spiro atoms. The Balaban J connectivity index is 1.85. The average Bonchev–Trinajstić information content (AvgIpc) is 2.40. The molecule has 3 nitrogen and oxygen atoms in total. The normalized spacial score (nSPS) is 10.0. The zero-order valence-corrected chi connectivity index (χ0v) is 10.7. The minimum Gasteiger partial charge on any atom is -0.493 e. The van der Waals surface area contributed by atoms with Crippen LogP contribution in [0.25, 0.3) is 0 Å². The summed E-state index contributed by atoms with van der Waals surface area (Å²) in [6.45, 7) is 0.623. The van der Waals surface area contributed by atoms with Gasteiger partial charge in [0.25, 0.3) is 0 Å². The molecule has 4 heteroatoms. The second kappa shape index (κ2) is 6.12. The lowest BCUT2D eigenvalue weighted by molar-refractivity contribution is 0.322. The second-order valence-electron chi connectivity index (χ2n) is 3.85. The summed E-state index contributed by atoms with van der Waals surface area (Å²) in [4.78, 5) is 4.46. The molecule has 92 valence electrons. The van der Waals surface area contributed by atoms with Crippen molar-refractivity contribution in [3.05, 3.63) is 59.9 Å². The van der Waals surface area contributed by atoms with Crippen LogP contribution in [0.3, 0.4) is 0 Å². The summed E-state index contributed by atoms with van der Waals surface area (Å²) in [7, 11) is 0. The third-order valence-electron chi connectivity index (χ3n) is 2.52. The molecule has 2 aromatic rings. The molecular weight excluding hydrogens is 244 g/mol. The average molecular weight is 258 g/mol. The standard InChI is InChI=1S/C14H14N2OS/c15-14(18)12-3-5-13(6-4-12)17-9-7-11-2-1-8-16-10-11/h1-6,8,10H,7,9H2,(H2,15,18). The number of benzene rings is 1. The van der Waals surface area contributed by atoms with Crippen molar-refractivity contribution < 1.29 is 4.74 Å². The Labute approximate surface area is 112 Å². The van der Waals surface area contributed by atoms with Gasteiger partial charge in [-0.25, -0.2) is 0 Å². The number of hydrogen-bond acceptors (Lipinski definition) is 3. The molecule has 0 aliphatic carbocycles. The molecule has 0 aliphatic heterocycles. The number of rotatable bonds is 5. The molecule has 1 aromatic carbocycles. The van der Waals surface area contributed by atoms with Gasteiger partial charge in [0.15, 0.2) is 0 Å². The number of aromatic nitrogens is 1. The van der Waals surface area contributed by atoms with Crippen LogP contribution in [0.2, 0.25) is 0 Å². The van der Waals surface area contributed by atoms with Gasteiger partial charge in [0.1, 0.15) is 10.7 Å². The van der Waals surface area contributed by atoms with Crippen molar-refractivity contribution in [2.45, 2.75) is 6.42 Å². The monoisotopic (exact) mass is 258 g/mol. The van der Waals surface area contributed by atoms with Gasteiger partial charge >= 0.3 is 0 Å². The van der Waals surface area contributed by atoms with E-state index in [2.05, 4.69) is 4.98 Å². The van der Waals surface area contributed by atoms with E-state index < -0.39 is 0 Å². The number of nitrogens with zero attached hydrogens (tertiary/aromatic N) is 1. The predicted molar refractivity (Wildman–Crippen MR) is 75.8 cm³/mol. The van der Waals surface area contributed by atoms with E-state index in [-0.39, 0.29) is 0 Å². The molecule has 0 unspecified atom stereocenters. The molecule has 0 radical (unpaired) electrons. The highest BCUT2D eigenvalue weighted by Crippen LogP contribution is 2.12. The molecule has 18 heavy (non-hydrogen) atoms. The van der Waals surface area contributed by atoms with E-state index in [4.69, 9.17) is 22.7 Å². The van der Waals surface area contributed by atoms with Crippen molar-refractivity contribution in [3.63, 3.8) is 0 Å². The number of nitrogens with two attached hydrogens (primary N) is 1. The largest absolute Gasteiger partial charge is 0.493 e. The first kappa shape index (κ1) is 12.5. The fraction of sp³-hybridized carbons (Fsp3) is 0.143. The molecule has 0 amide bonds. The summed E-state index contributed by atoms with van der Waals surface area (Å²) in [6.07, 6.45) is 4.45. The Kier molecular flexibility index (Phi) is 4.25. The summed E-state index contributed by atoms with van der Waals surface area (Å²) in [5, 5.41) is 0. The van der Waals surface area contributed by atoms with Gasteiger partial charge in [0.05, 0.1) is 6.61 Å². The lowest BCUT2D eigenvalue weighted by atomic mass is 10.2. The topological polar surface area (TPSA) is 48.1 Å². The van der Waals surface area contributed by atoms with Crippen LogP contribution in [0.1, 0.15) is 11.1 Å². The highest BCUT2D eigenvalue weighted by molar-refractivity contribution is 7.80. The summed E-state index contributed by atoms with van der Waals surface area (Å²) in [6, 6.07) is 11.4. The minimum atomic E-state index is 0.400. The zero-order valence-electron chi connectivity index (χ0n) is 9.87. The van der Waals surface area contributed by atoms with E-state index in [9.17, 15) is 0 Å². The van der Waals surface area contributed by atoms with E-state index in [0.29, 0.717) is 11.6 Å². The van der Waals surface area contributed by atoms with Crippen molar-refractivity contribution in [1.82, 2.24) is 4.98 Å². The molecule has 0 fully saturated rings. The third kappa shape index (κ3) is 3.53. The van der Waals surface area contributed by atoms with Gasteiger partial charge in [0.2, 0.25) is 0 Å². The van der Waals surface area contributed by atoms with E-state index in [0.717, 1.165) is 23.3 Å². The third-order valence-corrected chi connectivity index (χ3v) is 2.76. The summed E-state index contributed by atoms with van der Waals surface area (Å²) >= 11 is 4.89. The smallest absolute Gasteiger partial charge is 0.119 e. The van der Waals surface area contributed by atoms with Gasteiger partial charge in [-0.15, -0.1) is 0 Å². The van der Waals surface area contributed by atoms with Crippen LogP contribution in [0.5, 0.6) is 5.75 Å². The molecule has 0 aliphatic rings. The van der Waals surface area contributed by atoms with Crippen LogP contribution in [0, 0.1) is 0 Å². The Morgan fingerprint density at radius 1 is 1.22 bits per heavy atom. The van der Waals surface area contributed by atoms with Gasteiger partial charge in [-0.05, 0) is 35.9 Å². The first-order valence-corrected chi connectivity index (χ1v) is 6.08. The summed E-state index contributed by atoms with van der Waals surface area (Å²) < 4.78 is 5.63. The van der Waals surface area contributed by atoms with E-state index in [1.165, 1.54) is 0 Å². The maximum absolute atomic E-state index is 5.63. The quantitative estimate of drug-likeness (QED) is 0.836. The van der Waals surface area contributed by atoms with Crippen molar-refractivity contribution in [2.75, 3.05) is 6.61 Å². The van der Waals surface area contributed by atoms with E-state index in [1.807, 2.05) is 42.6 Å². The van der Waals surface area contributed by atoms with Gasteiger partial charge in [0, 0.05) is 24.4 Å². The van der Waals surface area contributed by atoms with Crippen molar-refractivity contribution in [2.24, 2.45) is 5.73 Å². The zero-order chi connectivity index (χ0) is 12.8. The molecule has 0 saturated heterocycles. The maximum atomic E-state index is 5.63. The van der Waals surface area contributed by atoms with Crippen molar-refractivity contribution >= 4 is 17.2 Å². The van der Waals surface area contributed by atoms with Crippen LogP contribution in [-0.2, 0) is 6.42 Å². The van der Waals surface area contributed by atoms with Gasteiger partial charge < -0.3 is 10.5 Å². The predicted octanol–water partition coefficient (Wildman–Crippen LogP) is 2.34. The maximum Gasteiger partial charge on any atom is 0.119 e. The van der Waals surface area contributed by atoms with E-state index >= 15 is 0 Å². The first-order chi connectivity index (χ1) is 8.75. The number of ether oxygens (including phenoxy) is 1. The SMILES string of the molecule is NC(=S)c1ccc(OCCc2cccnc2)cc1.